The lowest BCUT2D eigenvalue weighted by atomic mass is 9.78. The highest BCUT2D eigenvalue weighted by Gasteiger charge is 2.31. The summed E-state index contributed by atoms with van der Waals surface area (Å²) in [5.41, 5.74) is 6.52. The third-order valence-corrected chi connectivity index (χ3v) is 5.67. The van der Waals surface area contributed by atoms with Crippen LogP contribution in [-0.4, -0.2) is 20.8 Å². The number of nitrogens with one attached hydrogen (secondary N) is 1. The minimum absolute atomic E-state index is 0.175. The predicted octanol–water partition coefficient (Wildman–Crippen LogP) is 5.03. The number of hydrogen-bond donors (Lipinski definition) is 1. The van der Waals surface area contributed by atoms with E-state index in [4.69, 9.17) is 9.47 Å². The summed E-state index contributed by atoms with van der Waals surface area (Å²) in [6.45, 7) is 3.08. The highest BCUT2D eigenvalue weighted by molar-refractivity contribution is 5.51. The second kappa shape index (κ2) is 8.07. The first-order chi connectivity index (χ1) is 13.7. The van der Waals surface area contributed by atoms with Crippen LogP contribution in [0.5, 0.6) is 11.5 Å². The summed E-state index contributed by atoms with van der Waals surface area (Å²) < 4.78 is 11.1. The molecule has 144 valence electrons. The Balaban J connectivity index is 1.85. The van der Waals surface area contributed by atoms with Gasteiger partial charge in [-0.05, 0) is 54.3 Å². The fourth-order valence-corrected chi connectivity index (χ4v) is 4.22. The summed E-state index contributed by atoms with van der Waals surface area (Å²) in [6, 6.07) is 24.1. The quantitative estimate of drug-likeness (QED) is 0.680. The summed E-state index contributed by atoms with van der Waals surface area (Å²) in [7, 11) is 3.39. The van der Waals surface area contributed by atoms with E-state index in [0.717, 1.165) is 24.5 Å². The van der Waals surface area contributed by atoms with Crippen LogP contribution >= 0.6 is 0 Å². The smallest absolute Gasteiger partial charge is 0.161 e. The standard InChI is InChI=1S/C25H27NO2/c1-17-9-11-19(12-10-17)24(18-7-5-4-6-8-18)25-21-16-23(28-3)22(27-2)15-20(21)13-14-26-25/h4-12,15-16,24-26H,13-14H2,1-3H3/t24-,25+/m1/s1. The number of hydrogen-bond acceptors (Lipinski definition) is 3. The average Bonchev–Trinajstić information content (AvgIpc) is 2.75. The average molecular weight is 373 g/mol. The third-order valence-electron chi connectivity index (χ3n) is 5.67. The van der Waals surface area contributed by atoms with Crippen molar-refractivity contribution >= 4 is 0 Å². The van der Waals surface area contributed by atoms with Crippen LogP contribution in [0.4, 0.5) is 0 Å². The first kappa shape index (κ1) is 18.6. The van der Waals surface area contributed by atoms with E-state index in [-0.39, 0.29) is 12.0 Å². The molecule has 3 heteroatoms. The zero-order valence-electron chi connectivity index (χ0n) is 16.7. The first-order valence-electron chi connectivity index (χ1n) is 9.81. The van der Waals surface area contributed by atoms with Gasteiger partial charge in [-0.1, -0.05) is 60.2 Å². The van der Waals surface area contributed by atoms with Crippen molar-refractivity contribution in [2.24, 2.45) is 0 Å². The van der Waals surface area contributed by atoms with Crippen LogP contribution in [0.15, 0.2) is 66.7 Å². The van der Waals surface area contributed by atoms with Crippen LogP contribution in [0.3, 0.4) is 0 Å². The molecule has 3 aromatic carbocycles. The Morgan fingerprint density at radius 1 is 0.857 bits per heavy atom. The van der Waals surface area contributed by atoms with E-state index in [1.54, 1.807) is 14.2 Å². The Bertz CT molecular complexity index is 935. The zero-order valence-corrected chi connectivity index (χ0v) is 16.7. The molecule has 1 aliphatic heterocycles. The van der Waals surface area contributed by atoms with Gasteiger partial charge in [0, 0.05) is 12.0 Å². The maximum absolute atomic E-state index is 5.60. The van der Waals surface area contributed by atoms with Gasteiger partial charge in [0.25, 0.3) is 0 Å². The van der Waals surface area contributed by atoms with Gasteiger partial charge in [0.1, 0.15) is 0 Å². The van der Waals surface area contributed by atoms with Crippen molar-refractivity contribution in [2.45, 2.75) is 25.3 Å². The summed E-state index contributed by atoms with van der Waals surface area (Å²) in [5.74, 6) is 1.80. The minimum Gasteiger partial charge on any atom is -0.493 e. The molecule has 0 fully saturated rings. The van der Waals surface area contributed by atoms with E-state index in [9.17, 15) is 0 Å². The number of benzene rings is 3. The van der Waals surface area contributed by atoms with Crippen molar-refractivity contribution in [3.63, 3.8) is 0 Å². The van der Waals surface area contributed by atoms with Gasteiger partial charge in [-0.15, -0.1) is 0 Å². The van der Waals surface area contributed by atoms with Crippen LogP contribution in [0.2, 0.25) is 0 Å². The number of ether oxygens (including phenoxy) is 2. The lowest BCUT2D eigenvalue weighted by Crippen LogP contribution is -2.34. The molecule has 1 aliphatic rings. The molecule has 2 atom stereocenters. The molecule has 1 N–H and O–H groups in total. The molecule has 0 amide bonds. The molecule has 3 nitrogen and oxygen atoms in total. The molecule has 0 saturated carbocycles. The summed E-state index contributed by atoms with van der Waals surface area (Å²) in [4.78, 5) is 0. The second-order valence-electron chi connectivity index (χ2n) is 7.39. The van der Waals surface area contributed by atoms with E-state index in [0.29, 0.717) is 0 Å². The molecular weight excluding hydrogens is 346 g/mol. The van der Waals surface area contributed by atoms with Crippen molar-refractivity contribution in [3.05, 3.63) is 94.5 Å². The Morgan fingerprint density at radius 2 is 1.50 bits per heavy atom. The van der Waals surface area contributed by atoms with Gasteiger partial charge in [0.05, 0.1) is 14.2 Å². The molecule has 0 spiro atoms. The molecular formula is C25H27NO2. The number of rotatable bonds is 5. The van der Waals surface area contributed by atoms with Crippen LogP contribution in [0.1, 0.15) is 39.8 Å². The SMILES string of the molecule is COc1cc2c(cc1OC)[C@@H]([C@H](c1ccccc1)c1ccc(C)cc1)NCC2. The topological polar surface area (TPSA) is 30.5 Å². The Kier molecular flexibility index (Phi) is 5.36. The van der Waals surface area contributed by atoms with Crippen molar-refractivity contribution < 1.29 is 9.47 Å². The number of fused-ring (bicyclic) bond motifs is 1. The largest absolute Gasteiger partial charge is 0.493 e. The third kappa shape index (κ3) is 3.50. The molecule has 0 radical (unpaired) electrons. The maximum atomic E-state index is 5.60. The molecule has 3 aromatic rings. The van der Waals surface area contributed by atoms with Gasteiger partial charge in [0.15, 0.2) is 11.5 Å². The summed E-state index contributed by atoms with van der Waals surface area (Å²) in [5, 5.41) is 3.78. The van der Waals surface area contributed by atoms with Crippen molar-refractivity contribution in [1.82, 2.24) is 5.32 Å². The highest BCUT2D eigenvalue weighted by atomic mass is 16.5. The van der Waals surface area contributed by atoms with Gasteiger partial charge in [-0.2, -0.15) is 0 Å². The van der Waals surface area contributed by atoms with Crippen molar-refractivity contribution in [3.8, 4) is 11.5 Å². The Hall–Kier alpha value is -2.78. The molecule has 4 rings (SSSR count). The Morgan fingerprint density at radius 3 is 2.18 bits per heavy atom. The normalized spacial score (nSPS) is 16.9. The van der Waals surface area contributed by atoms with E-state index in [2.05, 4.69) is 79.0 Å². The molecule has 0 bridgehead atoms. The molecule has 1 heterocycles. The fraction of sp³-hybridized carbons (Fsp3) is 0.280. The van der Waals surface area contributed by atoms with Crippen LogP contribution < -0.4 is 14.8 Å². The zero-order chi connectivity index (χ0) is 19.5. The number of aryl methyl sites for hydroxylation is 1. The fourth-order valence-electron chi connectivity index (χ4n) is 4.22. The summed E-state index contributed by atoms with van der Waals surface area (Å²) >= 11 is 0. The van der Waals surface area contributed by atoms with Crippen LogP contribution in [0.25, 0.3) is 0 Å². The molecule has 0 aromatic heterocycles. The molecule has 0 unspecified atom stereocenters. The van der Waals surface area contributed by atoms with E-state index in [1.807, 2.05) is 0 Å². The van der Waals surface area contributed by atoms with E-state index >= 15 is 0 Å². The van der Waals surface area contributed by atoms with Gasteiger partial charge in [-0.3, -0.25) is 0 Å². The molecule has 0 saturated heterocycles. The predicted molar refractivity (Wildman–Crippen MR) is 113 cm³/mol. The van der Waals surface area contributed by atoms with E-state index < -0.39 is 0 Å². The van der Waals surface area contributed by atoms with Crippen molar-refractivity contribution in [1.29, 1.82) is 0 Å². The molecule has 0 aliphatic carbocycles. The van der Waals surface area contributed by atoms with Gasteiger partial charge < -0.3 is 14.8 Å². The summed E-state index contributed by atoms with van der Waals surface area (Å²) in [6.07, 6.45) is 0.988. The minimum atomic E-state index is 0.175. The van der Waals surface area contributed by atoms with Crippen LogP contribution in [-0.2, 0) is 6.42 Å². The highest BCUT2D eigenvalue weighted by Crippen LogP contribution is 2.43. The van der Waals surface area contributed by atoms with E-state index in [1.165, 1.54) is 27.8 Å². The van der Waals surface area contributed by atoms with Crippen molar-refractivity contribution in [2.75, 3.05) is 20.8 Å². The second-order valence-corrected chi connectivity index (χ2v) is 7.39. The lowest BCUT2D eigenvalue weighted by molar-refractivity contribution is 0.351. The van der Waals surface area contributed by atoms with Gasteiger partial charge >= 0.3 is 0 Å². The first-order valence-corrected chi connectivity index (χ1v) is 9.81. The monoisotopic (exact) mass is 373 g/mol. The van der Waals surface area contributed by atoms with Gasteiger partial charge in [-0.25, -0.2) is 0 Å². The number of methoxy groups -OCH3 is 2. The van der Waals surface area contributed by atoms with Crippen LogP contribution in [0, 0.1) is 6.92 Å². The van der Waals surface area contributed by atoms with Gasteiger partial charge in [0.2, 0.25) is 0 Å². The lowest BCUT2D eigenvalue weighted by Gasteiger charge is -2.35. The Labute approximate surface area is 167 Å². The molecule has 28 heavy (non-hydrogen) atoms. The maximum Gasteiger partial charge on any atom is 0.161 e.